The quantitative estimate of drug-likeness (QED) is 0.420. The summed E-state index contributed by atoms with van der Waals surface area (Å²) in [6, 6.07) is 0. The molecule has 3 nitrogen and oxygen atoms in total. The van der Waals surface area contributed by atoms with E-state index in [1.165, 1.54) is 21.2 Å². The maximum Gasteiger partial charge on any atom is 0.204 e. The second kappa shape index (κ2) is 4.29. The lowest BCUT2D eigenvalue weighted by molar-refractivity contribution is 0.596. The molecular weight excluding hydrogens is 368 g/mol. The van der Waals surface area contributed by atoms with E-state index in [4.69, 9.17) is 0 Å². The Morgan fingerprint density at radius 1 is 1.56 bits per heavy atom. The first-order valence-corrected chi connectivity index (χ1v) is 7.37. The Kier molecular flexibility index (Phi) is 4.94. The molecule has 0 N–H and O–H groups in total. The third kappa shape index (κ3) is 9.37. The molecule has 0 aromatic rings. The number of nitrogens with zero attached hydrogens (tertiary/aromatic N) is 1. The summed E-state index contributed by atoms with van der Waals surface area (Å²) in [4.78, 5) is 0. The minimum atomic E-state index is -2.80. The average molecular weight is 375 g/mol. The van der Waals surface area contributed by atoms with E-state index in [0.717, 1.165) is 0 Å². The van der Waals surface area contributed by atoms with E-state index in [1.807, 2.05) is 33.0 Å². The maximum absolute atomic E-state index is 10.5. The third-order valence-corrected chi connectivity index (χ3v) is 3.12. The second-order valence-corrected chi connectivity index (χ2v) is 8.73. The summed E-state index contributed by atoms with van der Waals surface area (Å²) in [6.45, 7) is 0.589. The molecule has 0 amide bonds. The zero-order valence-corrected chi connectivity index (χ0v) is 9.97. The molecule has 0 bridgehead atoms. The Hall–Kier alpha value is 1.37. The molecule has 0 rings (SSSR count). The molecule has 0 unspecified atom stereocenters. The van der Waals surface area contributed by atoms with Gasteiger partial charge in [-0.1, -0.05) is 0 Å². The summed E-state index contributed by atoms with van der Waals surface area (Å²) >= 11 is 3.50. The van der Waals surface area contributed by atoms with E-state index in [1.54, 1.807) is 0 Å². The Bertz CT molecular complexity index is 165. The highest BCUT2D eigenvalue weighted by Gasteiger charge is 2.03. The lowest BCUT2D eigenvalue weighted by Gasteiger charge is -2.03. The van der Waals surface area contributed by atoms with Gasteiger partial charge in [0, 0.05) is 29.4 Å². The first-order valence-electron chi connectivity index (χ1n) is 2.21. The third-order valence-electron chi connectivity index (χ3n) is 0.643. The molecule has 6 heteroatoms. The van der Waals surface area contributed by atoms with Crippen molar-refractivity contribution < 1.29 is 8.42 Å². The molecule has 0 saturated heterocycles. The molecule has 56 valence electrons. The highest BCUT2D eigenvalue weighted by atomic mass is 127. The minimum absolute atomic E-state index is 0.229. The highest BCUT2D eigenvalue weighted by Crippen LogP contribution is 2.02. The molecular formula is C3H7I2NO2S. The molecule has 0 atom stereocenters. The summed E-state index contributed by atoms with van der Waals surface area (Å²) in [5.74, 6) is 0.229. The van der Waals surface area contributed by atoms with Crippen molar-refractivity contribution in [2.24, 2.45) is 0 Å². The van der Waals surface area contributed by atoms with Crippen molar-refractivity contribution in [2.45, 2.75) is 0 Å². The SMILES string of the molecule is CN(I)CCS(=O)(=O)I. The fourth-order valence-electron chi connectivity index (χ4n) is 0.235. The lowest BCUT2D eigenvalue weighted by atomic mass is 10.8. The van der Waals surface area contributed by atoms with Crippen LogP contribution in [0.4, 0.5) is 0 Å². The highest BCUT2D eigenvalue weighted by molar-refractivity contribution is 14.2. The normalized spacial score (nSPS) is 12.4. The van der Waals surface area contributed by atoms with Crippen molar-refractivity contribution in [2.75, 3.05) is 19.3 Å². The van der Waals surface area contributed by atoms with Gasteiger partial charge in [0.1, 0.15) is 0 Å². The molecule has 0 aromatic carbocycles. The first-order chi connectivity index (χ1) is 3.92. The number of hydrogen-bond donors (Lipinski definition) is 0. The van der Waals surface area contributed by atoms with Gasteiger partial charge in [-0.25, -0.2) is 11.5 Å². The van der Waals surface area contributed by atoms with Gasteiger partial charge in [-0.2, -0.15) is 0 Å². The largest absolute Gasteiger partial charge is 0.250 e. The van der Waals surface area contributed by atoms with Crippen molar-refractivity contribution in [3.8, 4) is 0 Å². The molecule has 0 radical (unpaired) electrons. The smallest absolute Gasteiger partial charge is 0.204 e. The van der Waals surface area contributed by atoms with Crippen molar-refractivity contribution in [3.63, 3.8) is 0 Å². The molecule has 0 saturated carbocycles. The lowest BCUT2D eigenvalue weighted by Crippen LogP contribution is -2.13. The molecule has 0 spiro atoms. The topological polar surface area (TPSA) is 37.4 Å². The first kappa shape index (κ1) is 10.4. The Morgan fingerprint density at radius 3 is 2.11 bits per heavy atom. The van der Waals surface area contributed by atoms with Gasteiger partial charge in [0.25, 0.3) is 0 Å². The van der Waals surface area contributed by atoms with E-state index < -0.39 is 7.01 Å². The summed E-state index contributed by atoms with van der Waals surface area (Å²) in [5.41, 5.74) is 0. The van der Waals surface area contributed by atoms with Crippen LogP contribution in [0.25, 0.3) is 0 Å². The van der Waals surface area contributed by atoms with Gasteiger partial charge in [0.05, 0.1) is 27.0 Å². The fourth-order valence-corrected chi connectivity index (χ4v) is 1.89. The number of hydrogen-bond acceptors (Lipinski definition) is 3. The van der Waals surface area contributed by atoms with Crippen LogP contribution in [0.5, 0.6) is 0 Å². The molecule has 0 aliphatic heterocycles. The molecule has 0 aliphatic rings. The standard InChI is InChI=1S/C3H7I2NO2S/c1-6(4)2-3-9(5,7)8/h2-3H2,1H3. The van der Waals surface area contributed by atoms with Crippen LogP contribution in [-0.4, -0.2) is 30.9 Å². The van der Waals surface area contributed by atoms with Crippen LogP contribution < -0.4 is 0 Å². The molecule has 0 aromatic heterocycles. The van der Waals surface area contributed by atoms with E-state index in [9.17, 15) is 8.42 Å². The molecule has 0 aliphatic carbocycles. The van der Waals surface area contributed by atoms with Crippen LogP contribution in [0.3, 0.4) is 0 Å². The predicted molar refractivity (Wildman–Crippen MR) is 54.5 cm³/mol. The molecule has 0 fully saturated rings. The van der Waals surface area contributed by atoms with Gasteiger partial charge in [0.2, 0.25) is 7.01 Å². The Morgan fingerprint density at radius 2 is 2.00 bits per heavy atom. The molecule has 0 heterocycles. The van der Waals surface area contributed by atoms with Crippen molar-refractivity contribution in [3.05, 3.63) is 0 Å². The Labute approximate surface area is 81.2 Å². The van der Waals surface area contributed by atoms with Crippen molar-refractivity contribution >= 4 is 51.1 Å². The van der Waals surface area contributed by atoms with E-state index >= 15 is 0 Å². The zero-order valence-electron chi connectivity index (χ0n) is 4.84. The fraction of sp³-hybridized carbons (Fsp3) is 1.00. The molecule has 9 heavy (non-hydrogen) atoms. The summed E-state index contributed by atoms with van der Waals surface area (Å²) in [5, 5.41) is 0. The summed E-state index contributed by atoms with van der Waals surface area (Å²) in [7, 11) is -0.960. The van der Waals surface area contributed by atoms with Gasteiger partial charge < -0.3 is 0 Å². The van der Waals surface area contributed by atoms with Gasteiger partial charge in [-0.3, -0.25) is 0 Å². The van der Waals surface area contributed by atoms with Crippen LogP contribution >= 0.6 is 44.1 Å². The predicted octanol–water partition coefficient (Wildman–Crippen LogP) is 1.03. The average Bonchev–Trinajstić information content (AvgIpc) is 1.59. The van der Waals surface area contributed by atoms with E-state index in [2.05, 4.69) is 0 Å². The Balaban J connectivity index is 3.53. The summed E-state index contributed by atoms with van der Waals surface area (Å²) < 4.78 is 22.8. The van der Waals surface area contributed by atoms with Crippen LogP contribution in [0.15, 0.2) is 0 Å². The van der Waals surface area contributed by atoms with E-state index in [0.29, 0.717) is 6.54 Å². The van der Waals surface area contributed by atoms with E-state index in [-0.39, 0.29) is 5.75 Å². The van der Waals surface area contributed by atoms with Crippen LogP contribution in [0.1, 0.15) is 0 Å². The number of halogens is 2. The number of rotatable bonds is 3. The van der Waals surface area contributed by atoms with Crippen LogP contribution in [0.2, 0.25) is 0 Å². The van der Waals surface area contributed by atoms with Gasteiger partial charge in [-0.15, -0.1) is 0 Å². The maximum atomic E-state index is 10.5. The minimum Gasteiger partial charge on any atom is -0.250 e. The van der Waals surface area contributed by atoms with Crippen LogP contribution in [0, 0.1) is 0 Å². The van der Waals surface area contributed by atoms with Crippen molar-refractivity contribution in [1.82, 2.24) is 3.11 Å². The van der Waals surface area contributed by atoms with Crippen LogP contribution in [-0.2, 0) is 7.01 Å². The van der Waals surface area contributed by atoms with Crippen molar-refractivity contribution in [1.29, 1.82) is 0 Å². The zero-order chi connectivity index (χ0) is 7.49. The van der Waals surface area contributed by atoms with Gasteiger partial charge >= 0.3 is 0 Å². The second-order valence-electron chi connectivity index (χ2n) is 1.57. The monoisotopic (exact) mass is 375 g/mol. The van der Waals surface area contributed by atoms with Gasteiger partial charge in [0.15, 0.2) is 0 Å². The summed E-state index contributed by atoms with van der Waals surface area (Å²) in [6.07, 6.45) is 0. The van der Waals surface area contributed by atoms with Gasteiger partial charge in [-0.05, 0) is 7.05 Å².